The van der Waals surface area contributed by atoms with Gasteiger partial charge in [-0.3, -0.25) is 10.2 Å². The van der Waals surface area contributed by atoms with Crippen LogP contribution in [-0.2, 0) is 4.79 Å². The lowest BCUT2D eigenvalue weighted by Crippen LogP contribution is -2.51. The van der Waals surface area contributed by atoms with Crippen LogP contribution in [-0.4, -0.2) is 24.7 Å². The molecule has 1 aliphatic heterocycles. The van der Waals surface area contributed by atoms with Gasteiger partial charge in [-0.2, -0.15) is 0 Å². The maximum Gasteiger partial charge on any atom is 0.431 e. The minimum absolute atomic E-state index is 0.0538. The van der Waals surface area contributed by atoms with Gasteiger partial charge in [-0.05, 0) is 24.3 Å². The number of hydrogen-bond acceptors (Lipinski definition) is 5. The maximum absolute atomic E-state index is 12.0. The molecule has 0 fully saturated rings. The number of benzene rings is 2. The van der Waals surface area contributed by atoms with E-state index in [1.54, 1.807) is 48.5 Å². The lowest BCUT2D eigenvalue weighted by Gasteiger charge is -2.25. The molecule has 0 saturated heterocycles. The molecule has 0 saturated carbocycles. The summed E-state index contributed by atoms with van der Waals surface area (Å²) >= 11 is 0. The summed E-state index contributed by atoms with van der Waals surface area (Å²) in [6, 6.07) is 15.5. The number of fused-ring (bicyclic) bond motifs is 1. The highest BCUT2D eigenvalue weighted by atomic mass is 16.6. The fraction of sp³-hybridized carbons (Fsp3) is 0.125. The average molecular weight is 314 g/mol. The Hall–Kier alpha value is -3.22. The molecule has 1 aliphatic rings. The molecule has 2 aromatic carbocycles. The van der Waals surface area contributed by atoms with E-state index in [1.807, 2.05) is 6.07 Å². The zero-order valence-corrected chi connectivity index (χ0v) is 12.0. The van der Waals surface area contributed by atoms with Crippen LogP contribution in [0.1, 0.15) is 0 Å². The maximum atomic E-state index is 12.0. The molecule has 1 heterocycles. The van der Waals surface area contributed by atoms with Crippen molar-refractivity contribution in [2.75, 3.05) is 6.61 Å². The molecule has 7 heteroatoms. The highest BCUT2D eigenvalue weighted by Crippen LogP contribution is 2.30. The molecule has 2 amide bonds. The molecule has 118 valence electrons. The van der Waals surface area contributed by atoms with Gasteiger partial charge in [0.15, 0.2) is 11.5 Å². The summed E-state index contributed by atoms with van der Waals surface area (Å²) in [4.78, 5) is 23.6. The second-order valence-corrected chi connectivity index (χ2v) is 4.68. The van der Waals surface area contributed by atoms with Gasteiger partial charge >= 0.3 is 6.09 Å². The Morgan fingerprint density at radius 2 is 1.65 bits per heavy atom. The predicted octanol–water partition coefficient (Wildman–Crippen LogP) is 1.65. The molecular weight excluding hydrogens is 300 g/mol. The Kier molecular flexibility index (Phi) is 4.28. The number of carbonyl (C=O) groups excluding carboxylic acids is 2. The molecule has 3 rings (SSSR count). The molecule has 2 aromatic rings. The third-order valence-electron chi connectivity index (χ3n) is 3.04. The molecular formula is C16H14N2O5. The van der Waals surface area contributed by atoms with Crippen molar-refractivity contribution in [3.05, 3.63) is 54.6 Å². The highest BCUT2D eigenvalue weighted by molar-refractivity contribution is 5.84. The van der Waals surface area contributed by atoms with Crippen LogP contribution >= 0.6 is 0 Å². The predicted molar refractivity (Wildman–Crippen MR) is 80.1 cm³/mol. The quantitative estimate of drug-likeness (QED) is 0.823. The van der Waals surface area contributed by atoms with Crippen molar-refractivity contribution in [2.24, 2.45) is 0 Å². The van der Waals surface area contributed by atoms with E-state index < -0.39 is 18.1 Å². The Balaban J connectivity index is 1.49. The molecule has 0 aromatic heterocycles. The van der Waals surface area contributed by atoms with E-state index in [9.17, 15) is 9.59 Å². The lowest BCUT2D eigenvalue weighted by molar-refractivity contribution is -0.131. The van der Waals surface area contributed by atoms with Gasteiger partial charge in [0.2, 0.25) is 6.10 Å². The first-order valence-corrected chi connectivity index (χ1v) is 6.93. The van der Waals surface area contributed by atoms with Gasteiger partial charge in [0.05, 0.1) is 0 Å². The first kappa shape index (κ1) is 14.7. The van der Waals surface area contributed by atoms with Crippen LogP contribution in [0, 0.1) is 0 Å². The van der Waals surface area contributed by atoms with Crippen LogP contribution in [0.15, 0.2) is 54.6 Å². The Morgan fingerprint density at radius 3 is 2.43 bits per heavy atom. The normalized spacial score (nSPS) is 15.4. The van der Waals surface area contributed by atoms with Crippen LogP contribution < -0.4 is 25.1 Å². The number of rotatable bonds is 2. The number of ether oxygens (including phenoxy) is 3. The standard InChI is InChI=1S/C16H14N2O5/c19-15(14-10-21-12-8-4-5-9-13(12)23-14)17-18-16(20)22-11-6-2-1-3-7-11/h1-9,14H,10H2,(H,17,19)(H,18,20). The molecule has 0 bridgehead atoms. The average Bonchev–Trinajstić information content (AvgIpc) is 2.60. The minimum Gasteiger partial charge on any atom is -0.485 e. The third kappa shape index (κ3) is 3.70. The first-order chi connectivity index (χ1) is 11.2. The number of nitrogens with one attached hydrogen (secondary N) is 2. The molecule has 7 nitrogen and oxygen atoms in total. The van der Waals surface area contributed by atoms with Crippen molar-refractivity contribution in [1.29, 1.82) is 0 Å². The Morgan fingerprint density at radius 1 is 0.957 bits per heavy atom. The van der Waals surface area contributed by atoms with Gasteiger partial charge in [0.25, 0.3) is 5.91 Å². The van der Waals surface area contributed by atoms with Crippen molar-refractivity contribution in [2.45, 2.75) is 6.10 Å². The SMILES string of the molecule is O=C(NNC(=O)C1COc2ccccc2O1)Oc1ccccc1. The highest BCUT2D eigenvalue weighted by Gasteiger charge is 2.27. The topological polar surface area (TPSA) is 85.9 Å². The van der Waals surface area contributed by atoms with Gasteiger partial charge in [-0.1, -0.05) is 30.3 Å². The smallest absolute Gasteiger partial charge is 0.431 e. The van der Waals surface area contributed by atoms with Crippen LogP contribution in [0.4, 0.5) is 4.79 Å². The summed E-state index contributed by atoms with van der Waals surface area (Å²) in [5, 5.41) is 0. The Labute approximate surface area is 132 Å². The summed E-state index contributed by atoms with van der Waals surface area (Å²) in [5.41, 5.74) is 4.39. The number of para-hydroxylation sites is 3. The van der Waals surface area contributed by atoms with Crippen molar-refractivity contribution < 1.29 is 23.8 Å². The van der Waals surface area contributed by atoms with E-state index >= 15 is 0 Å². The summed E-state index contributed by atoms with van der Waals surface area (Å²) in [6.07, 6.45) is -1.66. The number of carbonyl (C=O) groups is 2. The first-order valence-electron chi connectivity index (χ1n) is 6.93. The molecule has 0 radical (unpaired) electrons. The fourth-order valence-corrected chi connectivity index (χ4v) is 1.96. The zero-order chi connectivity index (χ0) is 16.1. The van der Waals surface area contributed by atoms with Crippen LogP contribution in [0.3, 0.4) is 0 Å². The van der Waals surface area contributed by atoms with Gasteiger partial charge in [0.1, 0.15) is 12.4 Å². The monoisotopic (exact) mass is 314 g/mol. The molecule has 0 spiro atoms. The van der Waals surface area contributed by atoms with E-state index in [0.29, 0.717) is 17.2 Å². The van der Waals surface area contributed by atoms with E-state index in [1.165, 1.54) is 0 Å². The largest absolute Gasteiger partial charge is 0.485 e. The van der Waals surface area contributed by atoms with E-state index in [4.69, 9.17) is 14.2 Å². The van der Waals surface area contributed by atoms with E-state index in [2.05, 4.69) is 10.9 Å². The van der Waals surface area contributed by atoms with Gasteiger partial charge in [0, 0.05) is 0 Å². The van der Waals surface area contributed by atoms with Crippen molar-refractivity contribution in [1.82, 2.24) is 10.9 Å². The third-order valence-corrected chi connectivity index (χ3v) is 3.04. The second-order valence-electron chi connectivity index (χ2n) is 4.68. The number of amides is 2. The molecule has 1 atom stereocenters. The summed E-state index contributed by atoms with van der Waals surface area (Å²) in [7, 11) is 0. The van der Waals surface area contributed by atoms with E-state index in [-0.39, 0.29) is 6.61 Å². The van der Waals surface area contributed by atoms with Crippen LogP contribution in [0.25, 0.3) is 0 Å². The van der Waals surface area contributed by atoms with Gasteiger partial charge < -0.3 is 14.2 Å². The van der Waals surface area contributed by atoms with Crippen LogP contribution in [0.5, 0.6) is 17.2 Å². The summed E-state index contributed by atoms with van der Waals surface area (Å²) < 4.78 is 15.9. The molecule has 0 aliphatic carbocycles. The van der Waals surface area contributed by atoms with Crippen molar-refractivity contribution in [3.8, 4) is 17.2 Å². The second kappa shape index (κ2) is 6.69. The van der Waals surface area contributed by atoms with Crippen molar-refractivity contribution >= 4 is 12.0 Å². The minimum atomic E-state index is -0.859. The van der Waals surface area contributed by atoms with Crippen molar-refractivity contribution in [3.63, 3.8) is 0 Å². The molecule has 23 heavy (non-hydrogen) atoms. The number of hydrogen-bond donors (Lipinski definition) is 2. The Bertz CT molecular complexity index is 705. The molecule has 2 N–H and O–H groups in total. The summed E-state index contributed by atoms with van der Waals surface area (Å²) in [6.45, 7) is 0.0538. The summed E-state index contributed by atoms with van der Waals surface area (Å²) in [5.74, 6) is 0.883. The molecule has 1 unspecified atom stereocenters. The van der Waals surface area contributed by atoms with E-state index in [0.717, 1.165) is 0 Å². The lowest BCUT2D eigenvalue weighted by atomic mass is 10.2. The van der Waals surface area contributed by atoms with Gasteiger partial charge in [-0.25, -0.2) is 10.2 Å². The van der Waals surface area contributed by atoms with Gasteiger partial charge in [-0.15, -0.1) is 0 Å². The zero-order valence-electron chi connectivity index (χ0n) is 12.0. The fourth-order valence-electron chi connectivity index (χ4n) is 1.96. The number of hydrazine groups is 1. The van der Waals surface area contributed by atoms with Crippen LogP contribution in [0.2, 0.25) is 0 Å².